The van der Waals surface area contributed by atoms with Gasteiger partial charge in [0, 0.05) is 12.7 Å². The second-order valence-electron chi connectivity index (χ2n) is 5.62. The number of anilines is 3. The lowest BCUT2D eigenvalue weighted by Gasteiger charge is -2.05. The number of sulfonamides is 1. The molecule has 3 heterocycles. The lowest BCUT2D eigenvalue weighted by atomic mass is 10.3. The zero-order valence-electron chi connectivity index (χ0n) is 13.9. The molecule has 10 heteroatoms. The van der Waals surface area contributed by atoms with E-state index in [9.17, 15) is 8.42 Å². The summed E-state index contributed by atoms with van der Waals surface area (Å²) in [6.07, 6.45) is 1.72. The molecule has 0 saturated heterocycles. The summed E-state index contributed by atoms with van der Waals surface area (Å²) >= 11 is 2.60. The van der Waals surface area contributed by atoms with Gasteiger partial charge in [-0.1, -0.05) is 23.5 Å². The van der Waals surface area contributed by atoms with E-state index < -0.39 is 10.0 Å². The molecule has 4 rings (SSSR count). The molecule has 0 aliphatic heterocycles. The first-order chi connectivity index (χ1) is 13.0. The molecule has 0 aliphatic rings. The minimum absolute atomic E-state index is 0.279. The Bertz CT molecular complexity index is 1170. The Labute approximate surface area is 164 Å². The number of rotatable bonds is 6. The van der Waals surface area contributed by atoms with Crippen LogP contribution in [0.5, 0.6) is 0 Å². The van der Waals surface area contributed by atoms with Crippen molar-refractivity contribution < 1.29 is 8.42 Å². The normalized spacial score (nSPS) is 11.6. The number of pyridine rings is 1. The summed E-state index contributed by atoms with van der Waals surface area (Å²) in [4.78, 5) is 8.80. The van der Waals surface area contributed by atoms with Crippen LogP contribution < -0.4 is 15.8 Å². The number of aromatic nitrogens is 2. The van der Waals surface area contributed by atoms with Crippen LogP contribution in [0.15, 0.2) is 58.3 Å². The molecule has 0 amide bonds. The van der Waals surface area contributed by atoms with Gasteiger partial charge in [0.05, 0.1) is 15.9 Å². The zero-order valence-corrected chi connectivity index (χ0v) is 16.4. The molecule has 4 aromatic rings. The first kappa shape index (κ1) is 17.9. The number of hydrogen-bond donors (Lipinski definition) is 3. The Morgan fingerprint density at radius 3 is 2.74 bits per heavy atom. The Balaban J connectivity index is 1.56. The number of hydrogen-bond acceptors (Lipinski definition) is 8. The molecule has 0 saturated carbocycles. The number of nitrogens with two attached hydrogens (primary N) is 1. The number of fused-ring (bicyclic) bond motifs is 1. The molecule has 0 radical (unpaired) electrons. The van der Waals surface area contributed by atoms with Gasteiger partial charge in [-0.15, -0.1) is 11.3 Å². The summed E-state index contributed by atoms with van der Waals surface area (Å²) in [7, 11) is -3.57. The number of thiazole rings is 1. The first-order valence-electron chi connectivity index (χ1n) is 7.92. The van der Waals surface area contributed by atoms with Gasteiger partial charge in [-0.3, -0.25) is 4.72 Å². The smallest absolute Gasteiger partial charge is 0.271 e. The molecule has 0 atom stereocenters. The third-order valence-corrected chi connectivity index (χ3v) is 7.41. The van der Waals surface area contributed by atoms with Crippen LogP contribution in [0.25, 0.3) is 10.2 Å². The van der Waals surface area contributed by atoms with Crippen LogP contribution in [0.3, 0.4) is 0 Å². The van der Waals surface area contributed by atoms with Gasteiger partial charge >= 0.3 is 0 Å². The van der Waals surface area contributed by atoms with E-state index in [1.165, 1.54) is 22.7 Å². The van der Waals surface area contributed by atoms with Gasteiger partial charge in [-0.2, -0.15) is 0 Å². The maximum absolute atomic E-state index is 12.4. The predicted octanol–water partition coefficient (Wildman–Crippen LogP) is 3.76. The summed E-state index contributed by atoms with van der Waals surface area (Å²) in [6.45, 7) is 0.443. The predicted molar refractivity (Wildman–Crippen MR) is 110 cm³/mol. The van der Waals surface area contributed by atoms with Crippen LogP contribution in [0.1, 0.15) is 5.56 Å². The third-order valence-electron chi connectivity index (χ3n) is 3.70. The van der Waals surface area contributed by atoms with Crippen molar-refractivity contribution in [1.82, 2.24) is 9.97 Å². The second kappa shape index (κ2) is 7.24. The van der Waals surface area contributed by atoms with E-state index in [0.717, 1.165) is 15.8 Å². The van der Waals surface area contributed by atoms with Crippen molar-refractivity contribution in [2.24, 2.45) is 5.73 Å². The van der Waals surface area contributed by atoms with E-state index in [4.69, 9.17) is 5.73 Å². The summed E-state index contributed by atoms with van der Waals surface area (Å²) in [5.74, 6) is 0.671. The quantitative estimate of drug-likeness (QED) is 0.441. The van der Waals surface area contributed by atoms with Crippen LogP contribution in [-0.2, 0) is 16.6 Å². The monoisotopic (exact) mass is 417 g/mol. The largest absolute Gasteiger partial charge is 0.326 e. The molecule has 0 bridgehead atoms. The summed E-state index contributed by atoms with van der Waals surface area (Å²) in [5, 5.41) is 5.56. The standard InChI is InChI=1S/C17H15N5O2S3/c18-9-11-3-6-15(19-10-11)21-17-20-13-5-4-12(8-14(13)26-17)22-27(23,24)16-2-1-7-25-16/h1-8,10,22H,9,18H2,(H,19,20,21). The van der Waals surface area contributed by atoms with E-state index in [1.54, 1.807) is 41.9 Å². The molecular formula is C17H15N5O2S3. The van der Waals surface area contributed by atoms with Gasteiger partial charge in [-0.05, 0) is 41.3 Å². The van der Waals surface area contributed by atoms with Crippen molar-refractivity contribution in [3.63, 3.8) is 0 Å². The van der Waals surface area contributed by atoms with E-state index in [2.05, 4.69) is 20.0 Å². The van der Waals surface area contributed by atoms with Crippen molar-refractivity contribution in [1.29, 1.82) is 0 Å². The van der Waals surface area contributed by atoms with Crippen LogP contribution in [0, 0.1) is 0 Å². The van der Waals surface area contributed by atoms with Crippen molar-refractivity contribution >= 4 is 59.6 Å². The Morgan fingerprint density at radius 2 is 2.04 bits per heavy atom. The molecule has 138 valence electrons. The lowest BCUT2D eigenvalue weighted by molar-refractivity contribution is 0.603. The van der Waals surface area contributed by atoms with Crippen molar-refractivity contribution in [2.75, 3.05) is 10.0 Å². The average Bonchev–Trinajstić information content (AvgIpc) is 3.31. The fourth-order valence-electron chi connectivity index (χ4n) is 2.39. The molecule has 3 aromatic heterocycles. The van der Waals surface area contributed by atoms with E-state index >= 15 is 0 Å². The number of nitrogens with one attached hydrogen (secondary N) is 2. The molecule has 0 unspecified atom stereocenters. The zero-order chi connectivity index (χ0) is 18.9. The van der Waals surface area contributed by atoms with Crippen LogP contribution in [0.4, 0.5) is 16.6 Å². The van der Waals surface area contributed by atoms with Gasteiger partial charge in [0.25, 0.3) is 10.0 Å². The van der Waals surface area contributed by atoms with Crippen LogP contribution in [0.2, 0.25) is 0 Å². The highest BCUT2D eigenvalue weighted by molar-refractivity contribution is 7.94. The minimum Gasteiger partial charge on any atom is -0.326 e. The van der Waals surface area contributed by atoms with Crippen molar-refractivity contribution in [2.45, 2.75) is 10.8 Å². The Morgan fingerprint density at radius 1 is 1.15 bits per heavy atom. The summed E-state index contributed by atoms with van der Waals surface area (Å²) < 4.78 is 28.5. The van der Waals surface area contributed by atoms with Crippen LogP contribution >= 0.6 is 22.7 Å². The summed E-state index contributed by atoms with van der Waals surface area (Å²) in [6, 6.07) is 12.3. The molecule has 1 aromatic carbocycles. The SMILES string of the molecule is NCc1ccc(Nc2nc3ccc(NS(=O)(=O)c4cccs4)cc3s2)nc1. The molecular weight excluding hydrogens is 402 g/mol. The first-order valence-corrected chi connectivity index (χ1v) is 11.1. The fourth-order valence-corrected chi connectivity index (χ4v) is 5.35. The van der Waals surface area contributed by atoms with Gasteiger partial charge in [-0.25, -0.2) is 18.4 Å². The topological polar surface area (TPSA) is 110 Å². The highest BCUT2D eigenvalue weighted by Gasteiger charge is 2.16. The fraction of sp³-hybridized carbons (Fsp3) is 0.0588. The molecule has 4 N–H and O–H groups in total. The number of benzene rings is 1. The molecule has 0 spiro atoms. The maximum Gasteiger partial charge on any atom is 0.271 e. The molecule has 0 fully saturated rings. The van der Waals surface area contributed by atoms with E-state index in [-0.39, 0.29) is 4.21 Å². The van der Waals surface area contributed by atoms with Gasteiger partial charge in [0.15, 0.2) is 5.13 Å². The molecule has 0 aliphatic carbocycles. The van der Waals surface area contributed by atoms with Gasteiger partial charge < -0.3 is 11.1 Å². The molecule has 27 heavy (non-hydrogen) atoms. The van der Waals surface area contributed by atoms with Gasteiger partial charge in [0.1, 0.15) is 10.0 Å². The van der Waals surface area contributed by atoms with Gasteiger partial charge in [0.2, 0.25) is 0 Å². The van der Waals surface area contributed by atoms with Crippen molar-refractivity contribution in [3.8, 4) is 0 Å². The maximum atomic E-state index is 12.4. The Kier molecular flexibility index (Phi) is 4.79. The minimum atomic E-state index is -3.57. The highest BCUT2D eigenvalue weighted by atomic mass is 32.2. The summed E-state index contributed by atoms with van der Waals surface area (Å²) in [5.41, 5.74) is 7.80. The van der Waals surface area contributed by atoms with Crippen LogP contribution in [-0.4, -0.2) is 18.4 Å². The number of nitrogens with zero attached hydrogens (tertiary/aromatic N) is 2. The second-order valence-corrected chi connectivity index (χ2v) is 9.51. The Hall–Kier alpha value is -2.53. The molecule has 7 nitrogen and oxygen atoms in total. The number of thiophene rings is 1. The highest BCUT2D eigenvalue weighted by Crippen LogP contribution is 2.31. The van der Waals surface area contributed by atoms with E-state index in [0.29, 0.717) is 23.2 Å². The third kappa shape index (κ3) is 3.93. The average molecular weight is 418 g/mol. The lowest BCUT2D eigenvalue weighted by Crippen LogP contribution is -2.11. The van der Waals surface area contributed by atoms with E-state index in [1.807, 2.05) is 12.1 Å². The van der Waals surface area contributed by atoms with Crippen molar-refractivity contribution in [3.05, 3.63) is 59.6 Å².